The molecule has 1 N–H and O–H groups in total. The number of carbonyl (C=O) groups excluding carboxylic acids is 2. The molecule has 2 aromatic carbocycles. The Morgan fingerprint density at radius 1 is 1.16 bits per heavy atom. The van der Waals surface area contributed by atoms with Gasteiger partial charge in [-0.05, 0) is 50.0 Å². The molecule has 1 atom stereocenters. The van der Waals surface area contributed by atoms with Crippen LogP contribution in [-0.2, 0) is 9.59 Å². The Kier molecular flexibility index (Phi) is 5.56. The van der Waals surface area contributed by atoms with E-state index in [0.29, 0.717) is 41.5 Å². The molecule has 162 valence electrons. The molecule has 2 heterocycles. The van der Waals surface area contributed by atoms with Crippen LogP contribution in [0.25, 0.3) is 5.76 Å². The fourth-order valence-electron chi connectivity index (χ4n) is 3.78. The Balaban J connectivity index is 1.84. The van der Waals surface area contributed by atoms with Gasteiger partial charge in [0.2, 0.25) is 6.79 Å². The monoisotopic (exact) mass is 424 g/mol. The largest absolute Gasteiger partial charge is 0.507 e. The summed E-state index contributed by atoms with van der Waals surface area (Å²) in [6.45, 7) is 0.993. The summed E-state index contributed by atoms with van der Waals surface area (Å²) in [5.74, 6) is 0.0189. The zero-order valence-corrected chi connectivity index (χ0v) is 17.6. The molecule has 1 amide bonds. The normalized spacial score (nSPS) is 19.4. The molecular formula is C23H24N2O6. The van der Waals surface area contributed by atoms with Gasteiger partial charge in [-0.2, -0.15) is 0 Å². The lowest BCUT2D eigenvalue weighted by atomic mass is 9.95. The van der Waals surface area contributed by atoms with Crippen molar-refractivity contribution >= 4 is 17.4 Å². The number of carbonyl (C=O) groups is 2. The number of hydrogen-bond donors (Lipinski definition) is 1. The van der Waals surface area contributed by atoms with E-state index < -0.39 is 17.7 Å². The molecule has 8 nitrogen and oxygen atoms in total. The second-order valence-electron chi connectivity index (χ2n) is 7.64. The van der Waals surface area contributed by atoms with Crippen molar-refractivity contribution in [2.45, 2.75) is 6.04 Å². The Labute approximate surface area is 180 Å². The molecular weight excluding hydrogens is 400 g/mol. The van der Waals surface area contributed by atoms with E-state index in [1.165, 1.54) is 4.90 Å². The van der Waals surface area contributed by atoms with Crippen molar-refractivity contribution in [3.63, 3.8) is 0 Å². The molecule has 31 heavy (non-hydrogen) atoms. The molecule has 4 rings (SSSR count). The van der Waals surface area contributed by atoms with Crippen LogP contribution in [0.1, 0.15) is 17.2 Å². The van der Waals surface area contributed by atoms with Crippen LogP contribution in [0, 0.1) is 0 Å². The average Bonchev–Trinajstić information content (AvgIpc) is 3.34. The predicted molar refractivity (Wildman–Crippen MR) is 113 cm³/mol. The Bertz CT molecular complexity index is 1060. The van der Waals surface area contributed by atoms with Crippen molar-refractivity contribution in [1.82, 2.24) is 9.80 Å². The number of hydrogen-bond acceptors (Lipinski definition) is 7. The minimum atomic E-state index is -0.736. The van der Waals surface area contributed by atoms with Gasteiger partial charge in [0.25, 0.3) is 11.7 Å². The summed E-state index contributed by atoms with van der Waals surface area (Å²) >= 11 is 0. The predicted octanol–water partition coefficient (Wildman–Crippen LogP) is 2.41. The number of nitrogens with zero attached hydrogens (tertiary/aromatic N) is 2. The van der Waals surface area contributed by atoms with E-state index in [-0.39, 0.29) is 18.1 Å². The number of ether oxygens (including phenoxy) is 3. The standard InChI is InChI=1S/C23H24N2O6/c1-24(2)9-10-25-20(14-5-4-6-16(11-14)29-3)19(22(27)23(25)28)21(26)15-7-8-17-18(12-15)31-13-30-17/h4-8,11-12,20,26H,9-10,13H2,1-3H3/b21-19-. The third-order valence-corrected chi connectivity index (χ3v) is 5.38. The molecule has 2 aliphatic rings. The minimum absolute atomic E-state index is 0.0378. The number of aliphatic hydroxyl groups is 1. The third kappa shape index (κ3) is 3.82. The summed E-state index contributed by atoms with van der Waals surface area (Å²) < 4.78 is 16.0. The molecule has 1 fully saturated rings. The summed E-state index contributed by atoms with van der Waals surface area (Å²) in [4.78, 5) is 29.4. The summed E-state index contributed by atoms with van der Waals surface area (Å²) in [6.07, 6.45) is 0. The van der Waals surface area contributed by atoms with Gasteiger partial charge in [0, 0.05) is 18.7 Å². The number of likely N-dealkylation sites (N-methyl/N-ethyl adjacent to an activating group) is 1. The van der Waals surface area contributed by atoms with E-state index in [4.69, 9.17) is 14.2 Å². The molecule has 0 spiro atoms. The van der Waals surface area contributed by atoms with Gasteiger partial charge >= 0.3 is 0 Å². The number of rotatable bonds is 6. The van der Waals surface area contributed by atoms with Gasteiger partial charge < -0.3 is 29.1 Å². The maximum absolute atomic E-state index is 13.0. The molecule has 0 aromatic heterocycles. The molecule has 1 unspecified atom stereocenters. The van der Waals surface area contributed by atoms with Gasteiger partial charge in [-0.3, -0.25) is 9.59 Å². The molecule has 2 aromatic rings. The Morgan fingerprint density at radius 3 is 2.68 bits per heavy atom. The van der Waals surface area contributed by atoms with E-state index in [0.717, 1.165) is 0 Å². The van der Waals surface area contributed by atoms with Crippen molar-refractivity contribution in [2.75, 3.05) is 41.1 Å². The first kappa shape index (κ1) is 20.7. The van der Waals surface area contributed by atoms with Crippen LogP contribution in [0.15, 0.2) is 48.0 Å². The third-order valence-electron chi connectivity index (χ3n) is 5.38. The maximum Gasteiger partial charge on any atom is 0.295 e. The first-order chi connectivity index (χ1) is 14.9. The van der Waals surface area contributed by atoms with E-state index in [1.54, 1.807) is 43.5 Å². The summed E-state index contributed by atoms with van der Waals surface area (Å²) in [6, 6.07) is 11.3. The zero-order chi connectivity index (χ0) is 22.1. The highest BCUT2D eigenvalue weighted by atomic mass is 16.7. The van der Waals surface area contributed by atoms with E-state index in [1.807, 2.05) is 25.1 Å². The summed E-state index contributed by atoms with van der Waals surface area (Å²) in [5.41, 5.74) is 1.10. The smallest absolute Gasteiger partial charge is 0.295 e. The van der Waals surface area contributed by atoms with Gasteiger partial charge in [-0.15, -0.1) is 0 Å². The number of fused-ring (bicyclic) bond motifs is 1. The van der Waals surface area contributed by atoms with E-state index in [2.05, 4.69) is 0 Å². The lowest BCUT2D eigenvalue weighted by molar-refractivity contribution is -0.140. The van der Waals surface area contributed by atoms with Crippen LogP contribution in [0.3, 0.4) is 0 Å². The van der Waals surface area contributed by atoms with Crippen LogP contribution in [-0.4, -0.2) is 67.7 Å². The van der Waals surface area contributed by atoms with Crippen molar-refractivity contribution in [3.05, 3.63) is 59.2 Å². The van der Waals surface area contributed by atoms with Crippen LogP contribution in [0.2, 0.25) is 0 Å². The highest BCUT2D eigenvalue weighted by molar-refractivity contribution is 6.46. The van der Waals surface area contributed by atoms with Crippen LogP contribution >= 0.6 is 0 Å². The first-order valence-corrected chi connectivity index (χ1v) is 9.88. The number of benzene rings is 2. The number of amides is 1. The molecule has 0 radical (unpaired) electrons. The molecule has 2 aliphatic heterocycles. The molecule has 8 heteroatoms. The van der Waals surface area contributed by atoms with Crippen LogP contribution in [0.5, 0.6) is 17.2 Å². The molecule has 0 saturated carbocycles. The van der Waals surface area contributed by atoms with E-state index >= 15 is 0 Å². The SMILES string of the molecule is COc1cccc(C2/C(=C(/O)c3ccc4c(c3)OCO4)C(=O)C(=O)N2CCN(C)C)c1. The summed E-state index contributed by atoms with van der Waals surface area (Å²) in [5, 5.41) is 11.1. The van der Waals surface area contributed by atoms with E-state index in [9.17, 15) is 14.7 Å². The lowest BCUT2D eigenvalue weighted by Crippen LogP contribution is -2.35. The maximum atomic E-state index is 13.0. The van der Waals surface area contributed by atoms with Gasteiger partial charge in [-0.1, -0.05) is 12.1 Å². The Morgan fingerprint density at radius 2 is 1.94 bits per heavy atom. The second-order valence-corrected chi connectivity index (χ2v) is 7.64. The number of Topliss-reactive ketones (excluding diaryl/α,β-unsaturated/α-hetero) is 1. The van der Waals surface area contributed by atoms with Crippen molar-refractivity contribution in [1.29, 1.82) is 0 Å². The van der Waals surface area contributed by atoms with Crippen LogP contribution in [0.4, 0.5) is 0 Å². The highest BCUT2D eigenvalue weighted by Crippen LogP contribution is 2.41. The molecule has 1 saturated heterocycles. The van der Waals surface area contributed by atoms with Gasteiger partial charge in [0.05, 0.1) is 18.7 Å². The van der Waals surface area contributed by atoms with Crippen LogP contribution < -0.4 is 14.2 Å². The van der Waals surface area contributed by atoms with Crippen molar-refractivity contribution in [2.24, 2.45) is 0 Å². The first-order valence-electron chi connectivity index (χ1n) is 9.88. The number of aliphatic hydroxyl groups excluding tert-OH is 1. The van der Waals surface area contributed by atoms with Crippen molar-refractivity contribution < 1.29 is 28.9 Å². The molecule has 0 bridgehead atoms. The quantitative estimate of drug-likeness (QED) is 0.433. The second kappa shape index (κ2) is 8.31. The number of ketones is 1. The average molecular weight is 424 g/mol. The van der Waals surface area contributed by atoms with Crippen molar-refractivity contribution in [3.8, 4) is 17.2 Å². The molecule has 0 aliphatic carbocycles. The fraction of sp³-hybridized carbons (Fsp3) is 0.304. The number of methoxy groups -OCH3 is 1. The zero-order valence-electron chi connectivity index (χ0n) is 17.6. The Hall–Kier alpha value is -3.52. The lowest BCUT2D eigenvalue weighted by Gasteiger charge is -2.26. The minimum Gasteiger partial charge on any atom is -0.507 e. The fourth-order valence-corrected chi connectivity index (χ4v) is 3.78. The number of likely N-dealkylation sites (tertiary alicyclic amines) is 1. The topological polar surface area (TPSA) is 88.5 Å². The summed E-state index contributed by atoms with van der Waals surface area (Å²) in [7, 11) is 5.34. The van der Waals surface area contributed by atoms with Gasteiger partial charge in [0.15, 0.2) is 11.5 Å². The highest BCUT2D eigenvalue weighted by Gasteiger charge is 2.46. The van der Waals surface area contributed by atoms with Gasteiger partial charge in [0.1, 0.15) is 11.5 Å². The van der Waals surface area contributed by atoms with Gasteiger partial charge in [-0.25, -0.2) is 0 Å².